The van der Waals surface area contributed by atoms with Crippen LogP contribution < -0.4 is 16.8 Å². The monoisotopic (exact) mass is 287 g/mol. The van der Waals surface area contributed by atoms with Crippen LogP contribution >= 0.6 is 0 Å². The molecule has 0 spiro atoms. The second kappa shape index (κ2) is 10.0. The Hall–Kier alpha value is -1.83. The number of nitrogens with zero attached hydrogens (tertiary/aromatic N) is 1. The van der Waals surface area contributed by atoms with Gasteiger partial charge in [-0.1, -0.05) is 0 Å². The molecule has 1 aliphatic rings. The lowest BCUT2D eigenvalue weighted by molar-refractivity contribution is -0.138. The molecule has 1 rings (SSSR count). The van der Waals surface area contributed by atoms with Crippen LogP contribution in [0.1, 0.15) is 32.6 Å². The number of aliphatic carboxylic acids is 1. The Balaban J connectivity index is 0.000000388. The summed E-state index contributed by atoms with van der Waals surface area (Å²) in [6, 6.07) is -0.821. The molecule has 0 aromatic rings. The van der Waals surface area contributed by atoms with Gasteiger partial charge in [0.2, 0.25) is 5.91 Å². The van der Waals surface area contributed by atoms with Crippen LogP contribution in [0.4, 0.5) is 0 Å². The van der Waals surface area contributed by atoms with Crippen molar-refractivity contribution in [2.75, 3.05) is 19.6 Å². The highest BCUT2D eigenvalue weighted by Crippen LogP contribution is 2.07. The van der Waals surface area contributed by atoms with E-state index in [4.69, 9.17) is 22.0 Å². The van der Waals surface area contributed by atoms with E-state index < -0.39 is 12.0 Å². The highest BCUT2D eigenvalue weighted by Gasteiger charge is 2.16. The van der Waals surface area contributed by atoms with Crippen molar-refractivity contribution in [1.82, 2.24) is 10.2 Å². The molecule has 1 aliphatic heterocycles. The average Bonchev–Trinajstić information content (AvgIpc) is 2.80. The third kappa shape index (κ3) is 8.30. The van der Waals surface area contributed by atoms with Gasteiger partial charge in [0.1, 0.15) is 6.04 Å². The van der Waals surface area contributed by atoms with Crippen molar-refractivity contribution in [1.29, 1.82) is 5.41 Å². The van der Waals surface area contributed by atoms with E-state index in [9.17, 15) is 9.59 Å². The molecule has 8 nitrogen and oxygen atoms in total. The number of carbonyl (C=O) groups excluding carboxylic acids is 1. The molecule has 1 unspecified atom stereocenters. The number of hydrogen-bond donors (Lipinski definition) is 5. The van der Waals surface area contributed by atoms with Gasteiger partial charge in [-0.15, -0.1) is 0 Å². The Bertz CT molecular complexity index is 335. The summed E-state index contributed by atoms with van der Waals surface area (Å²) in [5.74, 6) is -0.788. The first kappa shape index (κ1) is 18.2. The summed E-state index contributed by atoms with van der Waals surface area (Å²) < 4.78 is 0. The first-order valence-corrected chi connectivity index (χ1v) is 6.72. The van der Waals surface area contributed by atoms with Gasteiger partial charge < -0.3 is 26.8 Å². The van der Waals surface area contributed by atoms with Gasteiger partial charge in [-0.3, -0.25) is 15.0 Å². The number of carbonyl (C=O) groups is 2. The summed E-state index contributed by atoms with van der Waals surface area (Å²) in [6.07, 6.45) is 2.81. The zero-order valence-corrected chi connectivity index (χ0v) is 11.9. The van der Waals surface area contributed by atoms with Crippen LogP contribution in [-0.2, 0) is 9.59 Å². The van der Waals surface area contributed by atoms with E-state index in [1.807, 2.05) is 11.8 Å². The topological polar surface area (TPSA) is 146 Å². The molecule has 1 saturated heterocycles. The minimum Gasteiger partial charge on any atom is -0.480 e. The quantitative estimate of drug-likeness (QED) is 0.248. The summed E-state index contributed by atoms with van der Waals surface area (Å²) in [6.45, 7) is 4.37. The molecule has 7 N–H and O–H groups in total. The zero-order chi connectivity index (χ0) is 15.5. The number of amides is 1. The van der Waals surface area contributed by atoms with E-state index in [2.05, 4.69) is 5.32 Å². The summed E-state index contributed by atoms with van der Waals surface area (Å²) in [7, 11) is 0. The Morgan fingerprint density at radius 2 is 2.25 bits per heavy atom. The second-order valence-electron chi connectivity index (χ2n) is 4.50. The van der Waals surface area contributed by atoms with Crippen LogP contribution in [0.15, 0.2) is 0 Å². The van der Waals surface area contributed by atoms with E-state index in [1.54, 1.807) is 0 Å². The predicted molar refractivity (Wildman–Crippen MR) is 76.3 cm³/mol. The van der Waals surface area contributed by atoms with Crippen LogP contribution in [-0.4, -0.2) is 53.5 Å². The van der Waals surface area contributed by atoms with Crippen molar-refractivity contribution in [3.63, 3.8) is 0 Å². The van der Waals surface area contributed by atoms with Crippen molar-refractivity contribution in [2.45, 2.75) is 38.6 Å². The third-order valence-electron chi connectivity index (χ3n) is 2.88. The van der Waals surface area contributed by atoms with E-state index in [0.29, 0.717) is 25.3 Å². The molecule has 0 aromatic heterocycles. The Labute approximate surface area is 119 Å². The van der Waals surface area contributed by atoms with Crippen LogP contribution in [0.3, 0.4) is 0 Å². The highest BCUT2D eigenvalue weighted by atomic mass is 16.4. The van der Waals surface area contributed by atoms with Gasteiger partial charge in [-0.2, -0.15) is 0 Å². The molecule has 1 heterocycles. The Kier molecular flexibility index (Phi) is 9.10. The first-order valence-electron chi connectivity index (χ1n) is 6.72. The van der Waals surface area contributed by atoms with Crippen molar-refractivity contribution < 1.29 is 14.7 Å². The van der Waals surface area contributed by atoms with Crippen LogP contribution in [0.5, 0.6) is 0 Å². The van der Waals surface area contributed by atoms with Crippen molar-refractivity contribution in [2.24, 2.45) is 11.5 Å². The fraction of sp³-hybridized carbons (Fsp3) is 0.750. The summed E-state index contributed by atoms with van der Waals surface area (Å²) in [4.78, 5) is 22.8. The Morgan fingerprint density at radius 1 is 1.60 bits per heavy atom. The average molecular weight is 287 g/mol. The van der Waals surface area contributed by atoms with Crippen LogP contribution in [0.2, 0.25) is 0 Å². The lowest BCUT2D eigenvalue weighted by Gasteiger charge is -2.10. The minimum atomic E-state index is -1.00. The van der Waals surface area contributed by atoms with Gasteiger partial charge in [0.05, 0.1) is 0 Å². The number of carboxylic acids is 1. The summed E-state index contributed by atoms with van der Waals surface area (Å²) in [5.41, 5.74) is 10.2. The van der Waals surface area contributed by atoms with E-state index >= 15 is 0 Å². The maximum atomic E-state index is 10.7. The van der Waals surface area contributed by atoms with Gasteiger partial charge in [-0.05, 0) is 26.2 Å². The van der Waals surface area contributed by atoms with Crippen molar-refractivity contribution in [3.05, 3.63) is 0 Å². The number of carboxylic acid groups (broad SMARTS) is 1. The van der Waals surface area contributed by atoms with Crippen molar-refractivity contribution in [3.8, 4) is 0 Å². The molecule has 1 amide bonds. The highest BCUT2D eigenvalue weighted by molar-refractivity contribution is 5.77. The van der Waals surface area contributed by atoms with Crippen molar-refractivity contribution >= 4 is 17.8 Å². The molecule has 1 atom stereocenters. The summed E-state index contributed by atoms with van der Waals surface area (Å²) >= 11 is 0. The SMILES string of the molecule is CCN1CCCC1=O.N=C(N)NCCCC(N)C(=O)O. The standard InChI is InChI=1S/C6H14N4O2.C6H11NO/c7-4(5(11)12)2-1-3-10-6(8)9;1-2-7-5-3-4-6(7)8/h4H,1-3,7H2,(H,11,12)(H4,8,9,10);2-5H2,1H3. The number of hydrogen-bond acceptors (Lipinski definition) is 4. The Morgan fingerprint density at radius 3 is 2.60 bits per heavy atom. The molecule has 8 heteroatoms. The molecule has 0 saturated carbocycles. The number of nitrogens with two attached hydrogens (primary N) is 2. The van der Waals surface area contributed by atoms with E-state index in [0.717, 1.165) is 25.9 Å². The number of likely N-dealkylation sites (tertiary alicyclic amines) is 1. The lowest BCUT2D eigenvalue weighted by Crippen LogP contribution is -2.34. The number of nitrogens with one attached hydrogen (secondary N) is 2. The normalized spacial score (nSPS) is 15.3. The van der Waals surface area contributed by atoms with Gasteiger partial charge >= 0.3 is 5.97 Å². The van der Waals surface area contributed by atoms with E-state index in [1.165, 1.54) is 0 Å². The van der Waals surface area contributed by atoms with Gasteiger partial charge in [0, 0.05) is 26.1 Å². The molecule has 0 aliphatic carbocycles. The predicted octanol–water partition coefficient (Wildman–Crippen LogP) is -0.710. The van der Waals surface area contributed by atoms with Crippen LogP contribution in [0, 0.1) is 5.41 Å². The smallest absolute Gasteiger partial charge is 0.320 e. The molecule has 116 valence electrons. The van der Waals surface area contributed by atoms with Crippen LogP contribution in [0.25, 0.3) is 0 Å². The minimum absolute atomic E-state index is 0.112. The maximum absolute atomic E-state index is 10.7. The number of rotatable bonds is 6. The molecule has 20 heavy (non-hydrogen) atoms. The van der Waals surface area contributed by atoms with Gasteiger partial charge in [0.15, 0.2) is 5.96 Å². The summed E-state index contributed by atoms with van der Waals surface area (Å²) in [5, 5.41) is 17.7. The molecule has 0 aromatic carbocycles. The fourth-order valence-electron chi connectivity index (χ4n) is 1.71. The molecular weight excluding hydrogens is 262 g/mol. The molecule has 0 bridgehead atoms. The molecule has 0 radical (unpaired) electrons. The largest absolute Gasteiger partial charge is 0.480 e. The number of guanidine groups is 1. The third-order valence-corrected chi connectivity index (χ3v) is 2.88. The van der Waals surface area contributed by atoms with Gasteiger partial charge in [-0.25, -0.2) is 0 Å². The zero-order valence-electron chi connectivity index (χ0n) is 11.9. The van der Waals surface area contributed by atoms with Gasteiger partial charge in [0.25, 0.3) is 0 Å². The second-order valence-corrected chi connectivity index (χ2v) is 4.50. The maximum Gasteiger partial charge on any atom is 0.320 e. The fourth-order valence-corrected chi connectivity index (χ4v) is 1.71. The molecule has 1 fully saturated rings. The van der Waals surface area contributed by atoms with E-state index in [-0.39, 0.29) is 5.96 Å². The molecular formula is C12H25N5O3. The first-order chi connectivity index (χ1) is 9.38. The lowest BCUT2D eigenvalue weighted by atomic mass is 10.2.